The van der Waals surface area contributed by atoms with Gasteiger partial charge in [0.15, 0.2) is 0 Å². The molecule has 1 amide bonds. The number of aromatic amines is 1. The number of aromatic nitrogens is 1. The van der Waals surface area contributed by atoms with Crippen molar-refractivity contribution >= 4 is 28.5 Å². The summed E-state index contributed by atoms with van der Waals surface area (Å²) in [5.74, 6) is -1.18. The minimum Gasteiger partial charge on any atom is -0.477 e. The number of nitrogens with one attached hydrogen (secondary N) is 1. The fourth-order valence-electron chi connectivity index (χ4n) is 3.23. The Morgan fingerprint density at radius 2 is 1.73 bits per heavy atom. The Labute approximate surface area is 152 Å². The molecule has 3 rings (SSSR count). The van der Waals surface area contributed by atoms with Gasteiger partial charge in [-0.05, 0) is 37.1 Å². The molecule has 2 aromatic carbocycles. The number of amides is 1. The first-order valence-electron chi connectivity index (χ1n) is 8.77. The highest BCUT2D eigenvalue weighted by molar-refractivity contribution is 6.03. The predicted octanol–water partition coefficient (Wildman–Crippen LogP) is 4.02. The summed E-state index contributed by atoms with van der Waals surface area (Å²) in [4.78, 5) is 29.1. The molecule has 0 fully saturated rings. The van der Waals surface area contributed by atoms with Crippen LogP contribution in [0.5, 0.6) is 0 Å². The van der Waals surface area contributed by atoms with Crippen molar-refractivity contribution in [3.63, 3.8) is 0 Å². The lowest BCUT2D eigenvalue weighted by atomic mass is 10.1. The number of carboxylic acids is 1. The zero-order chi connectivity index (χ0) is 18.7. The second-order valence-electron chi connectivity index (χ2n) is 6.16. The maximum atomic E-state index is 12.9. The average molecular weight is 350 g/mol. The van der Waals surface area contributed by atoms with Gasteiger partial charge in [0.05, 0.1) is 6.42 Å². The number of anilines is 1. The van der Waals surface area contributed by atoms with E-state index in [1.807, 2.05) is 55.5 Å². The molecule has 0 aliphatic carbocycles. The van der Waals surface area contributed by atoms with Crippen LogP contribution < -0.4 is 4.90 Å². The van der Waals surface area contributed by atoms with Crippen LogP contribution in [0.1, 0.15) is 35.5 Å². The van der Waals surface area contributed by atoms with Crippen LogP contribution in [0.2, 0.25) is 0 Å². The van der Waals surface area contributed by atoms with Gasteiger partial charge in [-0.2, -0.15) is 0 Å². The molecule has 0 saturated carbocycles. The first-order valence-corrected chi connectivity index (χ1v) is 8.77. The molecule has 2 N–H and O–H groups in total. The van der Waals surface area contributed by atoms with Gasteiger partial charge in [0.1, 0.15) is 5.69 Å². The third-order valence-electron chi connectivity index (χ3n) is 4.63. The van der Waals surface area contributed by atoms with Crippen molar-refractivity contribution in [1.82, 2.24) is 4.98 Å². The number of hydrogen-bond donors (Lipinski definition) is 2. The third kappa shape index (κ3) is 3.33. The highest BCUT2D eigenvalue weighted by Gasteiger charge is 2.22. The maximum absolute atomic E-state index is 12.9. The summed E-state index contributed by atoms with van der Waals surface area (Å²) in [5.41, 5.74) is 3.37. The monoisotopic (exact) mass is 350 g/mol. The smallest absolute Gasteiger partial charge is 0.352 e. The molecule has 3 aromatic rings. The number of nitrogens with zero attached hydrogens (tertiary/aromatic N) is 1. The number of carbonyl (C=O) groups is 2. The fraction of sp³-hybridized carbons (Fsp3) is 0.238. The van der Waals surface area contributed by atoms with Crippen LogP contribution >= 0.6 is 0 Å². The van der Waals surface area contributed by atoms with Gasteiger partial charge in [0.2, 0.25) is 5.91 Å². The van der Waals surface area contributed by atoms with Crippen molar-refractivity contribution in [2.24, 2.45) is 0 Å². The van der Waals surface area contributed by atoms with Crippen molar-refractivity contribution in [3.05, 3.63) is 65.4 Å². The summed E-state index contributed by atoms with van der Waals surface area (Å²) in [7, 11) is 0. The van der Waals surface area contributed by atoms with Crippen molar-refractivity contribution in [2.75, 3.05) is 11.4 Å². The number of H-pyrrole nitrogens is 1. The molecule has 0 radical (unpaired) electrons. The molecular formula is C21H22N2O3. The Morgan fingerprint density at radius 1 is 1.04 bits per heavy atom. The zero-order valence-electron chi connectivity index (χ0n) is 15.0. The second kappa shape index (κ2) is 7.44. The summed E-state index contributed by atoms with van der Waals surface area (Å²) < 4.78 is 0. The van der Waals surface area contributed by atoms with Crippen LogP contribution in [0.15, 0.2) is 48.5 Å². The van der Waals surface area contributed by atoms with Gasteiger partial charge in [0, 0.05) is 28.7 Å². The van der Waals surface area contributed by atoms with Crippen molar-refractivity contribution < 1.29 is 14.7 Å². The van der Waals surface area contributed by atoms with E-state index < -0.39 is 5.97 Å². The number of carboxylic acid groups (broad SMARTS) is 1. The second-order valence-corrected chi connectivity index (χ2v) is 6.16. The van der Waals surface area contributed by atoms with Crippen LogP contribution in [-0.4, -0.2) is 28.5 Å². The number of rotatable bonds is 6. The molecule has 134 valence electrons. The minimum atomic E-state index is -1.06. The number of fused-ring (bicyclic) bond motifs is 1. The summed E-state index contributed by atoms with van der Waals surface area (Å²) in [5, 5.41) is 10.3. The van der Waals surface area contributed by atoms with E-state index in [0.29, 0.717) is 12.1 Å². The summed E-state index contributed by atoms with van der Waals surface area (Å²) in [6.45, 7) is 4.52. The molecule has 26 heavy (non-hydrogen) atoms. The van der Waals surface area contributed by atoms with E-state index in [1.54, 1.807) is 4.90 Å². The molecule has 5 heteroatoms. The lowest BCUT2D eigenvalue weighted by Gasteiger charge is -2.21. The number of carbonyl (C=O) groups excluding carboxylic acids is 1. The Balaban J connectivity index is 1.94. The quantitative estimate of drug-likeness (QED) is 0.705. The topological polar surface area (TPSA) is 73.4 Å². The third-order valence-corrected chi connectivity index (χ3v) is 4.63. The van der Waals surface area contributed by atoms with Crippen LogP contribution in [-0.2, 0) is 17.6 Å². The SMILES string of the molecule is CCc1ccc(N(CC)C(=O)Cc2c(C(=O)O)[nH]c3ccccc23)cc1. The molecule has 1 heterocycles. The highest BCUT2D eigenvalue weighted by atomic mass is 16.4. The number of hydrogen-bond acceptors (Lipinski definition) is 2. The van der Waals surface area contributed by atoms with Crippen LogP contribution in [0, 0.1) is 0 Å². The lowest BCUT2D eigenvalue weighted by Crippen LogP contribution is -2.32. The molecule has 0 aliphatic heterocycles. The van der Waals surface area contributed by atoms with Gasteiger partial charge < -0.3 is 15.0 Å². The summed E-state index contributed by atoms with van der Waals surface area (Å²) >= 11 is 0. The fourth-order valence-corrected chi connectivity index (χ4v) is 3.23. The molecule has 0 spiro atoms. The molecule has 0 atom stereocenters. The van der Waals surface area contributed by atoms with Crippen LogP contribution in [0.4, 0.5) is 5.69 Å². The first-order chi connectivity index (χ1) is 12.5. The van der Waals surface area contributed by atoms with Gasteiger partial charge in [-0.3, -0.25) is 4.79 Å². The zero-order valence-corrected chi connectivity index (χ0v) is 15.0. The molecular weight excluding hydrogens is 328 g/mol. The largest absolute Gasteiger partial charge is 0.477 e. The highest BCUT2D eigenvalue weighted by Crippen LogP contribution is 2.25. The number of aromatic carboxylic acids is 1. The molecule has 1 aromatic heterocycles. The molecule has 0 aliphatic rings. The first kappa shape index (κ1) is 17.7. The van der Waals surface area contributed by atoms with Gasteiger partial charge in [-0.1, -0.05) is 37.3 Å². The van der Waals surface area contributed by atoms with Crippen LogP contribution in [0.3, 0.4) is 0 Å². The van der Waals surface area contributed by atoms with E-state index in [-0.39, 0.29) is 18.0 Å². The Bertz CT molecular complexity index is 942. The standard InChI is InChI=1S/C21H22N2O3/c1-3-14-9-11-15(12-10-14)23(4-2)19(24)13-17-16-7-5-6-8-18(16)22-20(17)21(25)26/h5-12,22H,3-4,13H2,1-2H3,(H,25,26). The number of aryl methyl sites for hydroxylation is 1. The van der Waals surface area contributed by atoms with E-state index in [4.69, 9.17) is 0 Å². The molecule has 0 unspecified atom stereocenters. The summed E-state index contributed by atoms with van der Waals surface area (Å²) in [6, 6.07) is 15.2. The Morgan fingerprint density at radius 3 is 2.35 bits per heavy atom. The van der Waals surface area contributed by atoms with E-state index in [2.05, 4.69) is 11.9 Å². The van der Waals surface area contributed by atoms with Crippen molar-refractivity contribution in [1.29, 1.82) is 0 Å². The predicted molar refractivity (Wildman–Crippen MR) is 103 cm³/mol. The minimum absolute atomic E-state index is 0.0367. The summed E-state index contributed by atoms with van der Waals surface area (Å²) in [6.07, 6.45) is 0.979. The Hall–Kier alpha value is -3.08. The van der Waals surface area contributed by atoms with E-state index in [9.17, 15) is 14.7 Å². The number of likely N-dealkylation sites (N-methyl/N-ethyl adjacent to an activating group) is 1. The van der Waals surface area contributed by atoms with E-state index in [0.717, 1.165) is 23.0 Å². The van der Waals surface area contributed by atoms with Gasteiger partial charge in [-0.25, -0.2) is 4.79 Å². The van der Waals surface area contributed by atoms with Crippen molar-refractivity contribution in [3.8, 4) is 0 Å². The number of benzene rings is 2. The molecule has 0 bridgehead atoms. The van der Waals surface area contributed by atoms with Gasteiger partial charge in [0.25, 0.3) is 0 Å². The maximum Gasteiger partial charge on any atom is 0.352 e. The van der Waals surface area contributed by atoms with Crippen LogP contribution in [0.25, 0.3) is 10.9 Å². The van der Waals surface area contributed by atoms with Gasteiger partial charge in [-0.15, -0.1) is 0 Å². The number of para-hydroxylation sites is 1. The molecule has 5 nitrogen and oxygen atoms in total. The Kier molecular flexibility index (Phi) is 5.07. The molecule has 0 saturated heterocycles. The van der Waals surface area contributed by atoms with Crippen molar-refractivity contribution in [2.45, 2.75) is 26.7 Å². The average Bonchev–Trinajstić information content (AvgIpc) is 3.02. The van der Waals surface area contributed by atoms with E-state index >= 15 is 0 Å². The van der Waals surface area contributed by atoms with Gasteiger partial charge >= 0.3 is 5.97 Å². The normalized spacial score (nSPS) is 10.8. The lowest BCUT2D eigenvalue weighted by molar-refractivity contribution is -0.117. The van der Waals surface area contributed by atoms with E-state index in [1.165, 1.54) is 5.56 Å².